The van der Waals surface area contributed by atoms with Gasteiger partial charge < -0.3 is 10.0 Å². The van der Waals surface area contributed by atoms with Crippen LogP contribution < -0.4 is 0 Å². The van der Waals surface area contributed by atoms with Crippen molar-refractivity contribution in [3.8, 4) is 0 Å². The van der Waals surface area contributed by atoms with Gasteiger partial charge in [0.15, 0.2) is 0 Å². The van der Waals surface area contributed by atoms with Crippen molar-refractivity contribution in [2.24, 2.45) is 11.8 Å². The van der Waals surface area contributed by atoms with Crippen LogP contribution in [0.1, 0.15) is 16.1 Å². The number of pyridine rings is 1. The Kier molecular flexibility index (Phi) is 4.46. The zero-order valence-corrected chi connectivity index (χ0v) is 11.7. The van der Waals surface area contributed by atoms with E-state index >= 15 is 0 Å². The maximum Gasteiger partial charge on any atom is 0.417 e. The number of halogens is 6. The first-order chi connectivity index (χ1) is 10.9. The van der Waals surface area contributed by atoms with E-state index < -0.39 is 60.4 Å². The van der Waals surface area contributed by atoms with Crippen molar-refractivity contribution in [1.29, 1.82) is 0 Å². The van der Waals surface area contributed by atoms with Crippen LogP contribution in [0.25, 0.3) is 0 Å². The third-order valence-electron chi connectivity index (χ3n) is 3.65. The normalized spacial score (nSPS) is 21.8. The van der Waals surface area contributed by atoms with Crippen LogP contribution in [0.2, 0.25) is 0 Å². The molecular formula is C13H10F6N2O3. The molecule has 0 spiro atoms. The van der Waals surface area contributed by atoms with E-state index in [1.54, 1.807) is 0 Å². The van der Waals surface area contributed by atoms with Gasteiger partial charge in [0.05, 0.1) is 17.4 Å². The molecule has 2 rings (SSSR count). The number of carboxylic acid groups (broad SMARTS) is 1. The number of alkyl halides is 6. The molecule has 1 N–H and O–H groups in total. The van der Waals surface area contributed by atoms with E-state index in [-0.39, 0.29) is 0 Å². The maximum atomic E-state index is 12.9. The van der Waals surface area contributed by atoms with Gasteiger partial charge in [-0.3, -0.25) is 14.6 Å². The summed E-state index contributed by atoms with van der Waals surface area (Å²) in [6, 6.07) is 1.31. The number of carbonyl (C=O) groups excluding carboxylic acids is 1. The molecule has 2 atom stereocenters. The van der Waals surface area contributed by atoms with Gasteiger partial charge in [-0.15, -0.1) is 0 Å². The van der Waals surface area contributed by atoms with E-state index in [0.717, 1.165) is 6.07 Å². The lowest BCUT2D eigenvalue weighted by atomic mass is 9.96. The summed E-state index contributed by atoms with van der Waals surface area (Å²) in [5, 5.41) is 8.86. The Labute approximate surface area is 130 Å². The summed E-state index contributed by atoms with van der Waals surface area (Å²) < 4.78 is 75.8. The Balaban J connectivity index is 2.20. The van der Waals surface area contributed by atoms with Gasteiger partial charge in [0, 0.05) is 19.3 Å². The number of hydrogen-bond donors (Lipinski definition) is 1. The van der Waals surface area contributed by atoms with Crippen LogP contribution >= 0.6 is 0 Å². The molecule has 0 unspecified atom stereocenters. The molecule has 1 saturated heterocycles. The number of aromatic nitrogens is 1. The summed E-state index contributed by atoms with van der Waals surface area (Å²) >= 11 is 0. The first kappa shape index (κ1) is 18.0. The number of likely N-dealkylation sites (tertiary alicyclic amines) is 1. The van der Waals surface area contributed by atoms with Crippen molar-refractivity contribution < 1.29 is 41.0 Å². The lowest BCUT2D eigenvalue weighted by Crippen LogP contribution is -2.34. The minimum Gasteiger partial charge on any atom is -0.481 e. The number of nitrogens with zero attached hydrogens (tertiary/aromatic N) is 2. The Morgan fingerprint density at radius 3 is 2.12 bits per heavy atom. The first-order valence-electron chi connectivity index (χ1n) is 6.53. The van der Waals surface area contributed by atoms with E-state index in [1.165, 1.54) is 0 Å². The highest BCUT2D eigenvalue weighted by Crippen LogP contribution is 2.38. The summed E-state index contributed by atoms with van der Waals surface area (Å²) in [4.78, 5) is 26.9. The van der Waals surface area contributed by atoms with Crippen molar-refractivity contribution in [1.82, 2.24) is 9.88 Å². The number of carboxylic acids is 1. The van der Waals surface area contributed by atoms with Crippen LogP contribution in [0.3, 0.4) is 0 Å². The summed E-state index contributed by atoms with van der Waals surface area (Å²) in [6.45, 7) is -1.58. The number of aliphatic carboxylic acids is 1. The van der Waals surface area contributed by atoms with Gasteiger partial charge in [-0.1, -0.05) is 0 Å². The molecule has 132 valence electrons. The quantitative estimate of drug-likeness (QED) is 0.827. The van der Waals surface area contributed by atoms with Crippen LogP contribution in [-0.4, -0.2) is 46.1 Å². The third kappa shape index (κ3) is 3.60. The standard InChI is InChI=1S/C13H10F6N2O3/c14-12(15,16)6-1-2-9(20-3-6)10(22)21-4-7(11(23)24)8(5-21)13(17,18)19/h1-3,7-8H,4-5H2,(H,23,24)/t7-,8-/m1/s1. The van der Waals surface area contributed by atoms with Crippen molar-refractivity contribution in [2.45, 2.75) is 12.4 Å². The molecule has 1 aliphatic heterocycles. The molecule has 11 heteroatoms. The van der Waals surface area contributed by atoms with Crippen molar-refractivity contribution in [2.75, 3.05) is 13.1 Å². The van der Waals surface area contributed by atoms with Crippen LogP contribution in [0, 0.1) is 11.8 Å². The fourth-order valence-electron chi connectivity index (χ4n) is 2.40. The molecule has 1 aromatic rings. The van der Waals surface area contributed by atoms with Gasteiger partial charge in [0.25, 0.3) is 5.91 Å². The average molecular weight is 356 g/mol. The summed E-state index contributed by atoms with van der Waals surface area (Å²) in [5.74, 6) is -6.83. The number of amides is 1. The largest absolute Gasteiger partial charge is 0.481 e. The van der Waals surface area contributed by atoms with Crippen LogP contribution in [0.15, 0.2) is 18.3 Å². The maximum absolute atomic E-state index is 12.9. The fraction of sp³-hybridized carbons (Fsp3) is 0.462. The highest BCUT2D eigenvalue weighted by atomic mass is 19.4. The predicted molar refractivity (Wildman–Crippen MR) is 65.8 cm³/mol. The number of rotatable bonds is 2. The van der Waals surface area contributed by atoms with Gasteiger partial charge in [-0.05, 0) is 12.1 Å². The van der Waals surface area contributed by atoms with Gasteiger partial charge in [0.2, 0.25) is 0 Å². The van der Waals surface area contributed by atoms with Crippen molar-refractivity contribution >= 4 is 11.9 Å². The lowest BCUT2D eigenvalue weighted by molar-refractivity contribution is -0.187. The molecule has 1 aliphatic rings. The van der Waals surface area contributed by atoms with E-state index in [4.69, 9.17) is 5.11 Å². The predicted octanol–water partition coefficient (Wildman–Crippen LogP) is 2.44. The molecule has 5 nitrogen and oxygen atoms in total. The third-order valence-corrected chi connectivity index (χ3v) is 3.65. The molecule has 0 aromatic carbocycles. The van der Waals surface area contributed by atoms with E-state index in [1.807, 2.05) is 0 Å². The van der Waals surface area contributed by atoms with E-state index in [9.17, 15) is 35.9 Å². The van der Waals surface area contributed by atoms with Gasteiger partial charge in [0.1, 0.15) is 5.69 Å². The molecule has 0 bridgehead atoms. The molecule has 2 heterocycles. The number of hydrogen-bond acceptors (Lipinski definition) is 3. The zero-order chi connectivity index (χ0) is 18.3. The van der Waals surface area contributed by atoms with E-state index in [0.29, 0.717) is 17.2 Å². The topological polar surface area (TPSA) is 70.5 Å². The highest BCUT2D eigenvalue weighted by molar-refractivity contribution is 5.93. The monoisotopic (exact) mass is 356 g/mol. The molecule has 0 saturated carbocycles. The molecule has 1 amide bonds. The number of carbonyl (C=O) groups is 2. The molecular weight excluding hydrogens is 346 g/mol. The first-order valence-corrected chi connectivity index (χ1v) is 6.53. The Bertz CT molecular complexity index is 641. The van der Waals surface area contributed by atoms with Crippen LogP contribution in [0.4, 0.5) is 26.3 Å². The lowest BCUT2D eigenvalue weighted by Gasteiger charge is -2.18. The van der Waals surface area contributed by atoms with Crippen LogP contribution in [0.5, 0.6) is 0 Å². The Morgan fingerprint density at radius 2 is 1.75 bits per heavy atom. The smallest absolute Gasteiger partial charge is 0.417 e. The summed E-state index contributed by atoms with van der Waals surface area (Å²) in [6.07, 6.45) is -9.09. The van der Waals surface area contributed by atoms with E-state index in [2.05, 4.69) is 4.98 Å². The second kappa shape index (κ2) is 5.95. The van der Waals surface area contributed by atoms with Gasteiger partial charge >= 0.3 is 18.3 Å². The second-order valence-corrected chi connectivity index (χ2v) is 5.23. The molecule has 1 aromatic heterocycles. The van der Waals surface area contributed by atoms with Crippen molar-refractivity contribution in [3.05, 3.63) is 29.6 Å². The Hall–Kier alpha value is -2.33. The molecule has 24 heavy (non-hydrogen) atoms. The van der Waals surface area contributed by atoms with Crippen LogP contribution in [-0.2, 0) is 11.0 Å². The fourth-order valence-corrected chi connectivity index (χ4v) is 2.40. The molecule has 1 fully saturated rings. The van der Waals surface area contributed by atoms with Gasteiger partial charge in [-0.25, -0.2) is 0 Å². The van der Waals surface area contributed by atoms with Crippen molar-refractivity contribution in [3.63, 3.8) is 0 Å². The zero-order valence-electron chi connectivity index (χ0n) is 11.7. The Morgan fingerprint density at radius 1 is 1.12 bits per heavy atom. The second-order valence-electron chi connectivity index (χ2n) is 5.23. The molecule has 0 radical (unpaired) electrons. The molecule has 0 aliphatic carbocycles. The SMILES string of the molecule is O=C(O)[C@@H]1CN(C(=O)c2ccc(C(F)(F)F)cn2)C[C@H]1C(F)(F)F. The summed E-state index contributed by atoms with van der Waals surface area (Å²) in [5.41, 5.74) is -1.60. The minimum absolute atomic E-state index is 0.388. The van der Waals surface area contributed by atoms with Gasteiger partial charge in [-0.2, -0.15) is 26.3 Å². The minimum atomic E-state index is -4.81. The highest BCUT2D eigenvalue weighted by Gasteiger charge is 2.53. The summed E-state index contributed by atoms with van der Waals surface area (Å²) in [7, 11) is 0. The average Bonchev–Trinajstić information content (AvgIpc) is 2.91.